The number of nitrogens with zero attached hydrogens (tertiary/aromatic N) is 3. The lowest BCUT2D eigenvalue weighted by molar-refractivity contribution is 0.390. The summed E-state index contributed by atoms with van der Waals surface area (Å²) in [6, 6.07) is 2.33. The van der Waals surface area contributed by atoms with Crippen LogP contribution in [0.3, 0.4) is 0 Å². The van der Waals surface area contributed by atoms with Crippen molar-refractivity contribution in [3.63, 3.8) is 0 Å². The normalized spacial score (nSPS) is 12.9. The van der Waals surface area contributed by atoms with Gasteiger partial charge in [-0.25, -0.2) is 9.97 Å². The quantitative estimate of drug-likeness (QED) is 0.797. The Hall–Kier alpha value is -1.16. The molecule has 1 N–H and O–H groups in total. The maximum Gasteiger partial charge on any atom is 0.129 e. The van der Waals surface area contributed by atoms with Gasteiger partial charge in [0.2, 0.25) is 0 Å². The largest absolute Gasteiger partial charge is 0.367 e. The standard InChI is InChI=1S/C11H20N4/c1-9(6-8-15(3)4)13-11-5-7-12-10(2)14-11/h5,7,9H,6,8H2,1-4H3,(H,12,13,14). The van der Waals surface area contributed by atoms with Crippen LogP contribution in [-0.4, -0.2) is 41.5 Å². The highest BCUT2D eigenvalue weighted by molar-refractivity contribution is 5.33. The van der Waals surface area contributed by atoms with Crippen molar-refractivity contribution in [2.75, 3.05) is 26.0 Å². The molecule has 1 aromatic heterocycles. The molecule has 0 aliphatic rings. The van der Waals surface area contributed by atoms with Crippen LogP contribution < -0.4 is 5.32 Å². The Morgan fingerprint density at radius 3 is 2.80 bits per heavy atom. The lowest BCUT2D eigenvalue weighted by Crippen LogP contribution is -2.23. The van der Waals surface area contributed by atoms with Crippen LogP contribution in [0.4, 0.5) is 5.82 Å². The maximum absolute atomic E-state index is 4.30. The van der Waals surface area contributed by atoms with Crippen molar-refractivity contribution in [2.45, 2.75) is 26.3 Å². The minimum atomic E-state index is 0.432. The van der Waals surface area contributed by atoms with E-state index in [4.69, 9.17) is 0 Å². The summed E-state index contributed by atoms with van der Waals surface area (Å²) in [5.74, 6) is 1.72. The molecule has 1 unspecified atom stereocenters. The first-order valence-electron chi connectivity index (χ1n) is 5.29. The summed E-state index contributed by atoms with van der Waals surface area (Å²) in [7, 11) is 4.17. The molecule has 0 fully saturated rings. The van der Waals surface area contributed by atoms with Gasteiger partial charge in [0, 0.05) is 12.2 Å². The first-order valence-corrected chi connectivity index (χ1v) is 5.29. The Bertz CT molecular complexity index is 298. The summed E-state index contributed by atoms with van der Waals surface area (Å²) in [4.78, 5) is 10.6. The van der Waals surface area contributed by atoms with Gasteiger partial charge in [-0.2, -0.15) is 0 Å². The number of anilines is 1. The van der Waals surface area contributed by atoms with Crippen molar-refractivity contribution in [2.24, 2.45) is 0 Å². The van der Waals surface area contributed by atoms with E-state index in [0.29, 0.717) is 6.04 Å². The summed E-state index contributed by atoms with van der Waals surface area (Å²) in [5, 5.41) is 3.36. The zero-order chi connectivity index (χ0) is 11.3. The molecule has 0 saturated heterocycles. The van der Waals surface area contributed by atoms with E-state index in [1.54, 1.807) is 6.20 Å². The molecule has 4 heteroatoms. The number of aryl methyl sites for hydroxylation is 1. The molecule has 1 aromatic rings. The van der Waals surface area contributed by atoms with E-state index in [-0.39, 0.29) is 0 Å². The second kappa shape index (κ2) is 5.66. The Balaban J connectivity index is 2.40. The van der Waals surface area contributed by atoms with Crippen molar-refractivity contribution in [3.05, 3.63) is 18.1 Å². The Kier molecular flexibility index (Phi) is 4.49. The van der Waals surface area contributed by atoms with Gasteiger partial charge < -0.3 is 10.2 Å². The van der Waals surface area contributed by atoms with Crippen molar-refractivity contribution in [1.29, 1.82) is 0 Å². The summed E-state index contributed by atoms with van der Waals surface area (Å²) < 4.78 is 0. The van der Waals surface area contributed by atoms with Gasteiger partial charge in [0.05, 0.1) is 0 Å². The average molecular weight is 208 g/mol. The third-order valence-electron chi connectivity index (χ3n) is 2.18. The van der Waals surface area contributed by atoms with Gasteiger partial charge in [-0.1, -0.05) is 0 Å². The third kappa shape index (κ3) is 4.74. The zero-order valence-corrected chi connectivity index (χ0v) is 9.99. The highest BCUT2D eigenvalue weighted by Crippen LogP contribution is 2.05. The van der Waals surface area contributed by atoms with Crippen molar-refractivity contribution < 1.29 is 0 Å². The van der Waals surface area contributed by atoms with E-state index in [2.05, 4.69) is 41.2 Å². The van der Waals surface area contributed by atoms with Crippen LogP contribution in [0.5, 0.6) is 0 Å². The van der Waals surface area contributed by atoms with Crippen LogP contribution in [0.15, 0.2) is 12.3 Å². The molecule has 0 aliphatic heterocycles. The summed E-state index contributed by atoms with van der Waals surface area (Å²) in [6.07, 6.45) is 2.89. The smallest absolute Gasteiger partial charge is 0.129 e. The van der Waals surface area contributed by atoms with Crippen LogP contribution >= 0.6 is 0 Å². The molecule has 1 rings (SSSR count). The second-order valence-corrected chi connectivity index (χ2v) is 4.13. The van der Waals surface area contributed by atoms with Gasteiger partial charge in [0.1, 0.15) is 11.6 Å². The van der Waals surface area contributed by atoms with E-state index in [0.717, 1.165) is 24.6 Å². The third-order valence-corrected chi connectivity index (χ3v) is 2.18. The average Bonchev–Trinajstić information content (AvgIpc) is 2.15. The molecule has 0 amide bonds. The van der Waals surface area contributed by atoms with Gasteiger partial charge in [-0.3, -0.25) is 0 Å². The topological polar surface area (TPSA) is 41.1 Å². The van der Waals surface area contributed by atoms with Crippen molar-refractivity contribution in [3.8, 4) is 0 Å². The van der Waals surface area contributed by atoms with Gasteiger partial charge >= 0.3 is 0 Å². The number of aromatic nitrogens is 2. The molecule has 0 bridgehead atoms. The van der Waals surface area contributed by atoms with Gasteiger partial charge in [-0.05, 0) is 47.0 Å². The molecule has 4 nitrogen and oxygen atoms in total. The molecule has 84 valence electrons. The molecule has 0 aromatic carbocycles. The summed E-state index contributed by atoms with van der Waals surface area (Å²) in [6.45, 7) is 5.15. The van der Waals surface area contributed by atoms with Crippen LogP contribution in [0, 0.1) is 6.92 Å². The fraction of sp³-hybridized carbons (Fsp3) is 0.636. The fourth-order valence-corrected chi connectivity index (χ4v) is 1.31. The van der Waals surface area contributed by atoms with Crippen LogP contribution in [0.1, 0.15) is 19.2 Å². The van der Waals surface area contributed by atoms with Crippen molar-refractivity contribution in [1.82, 2.24) is 14.9 Å². The Morgan fingerprint density at radius 1 is 1.47 bits per heavy atom. The van der Waals surface area contributed by atoms with Gasteiger partial charge in [0.25, 0.3) is 0 Å². The minimum absolute atomic E-state index is 0.432. The van der Waals surface area contributed by atoms with Crippen LogP contribution in [0.2, 0.25) is 0 Å². The molecule has 1 heterocycles. The first kappa shape index (κ1) is 11.9. The SMILES string of the molecule is Cc1nccc(NC(C)CCN(C)C)n1. The molecule has 0 spiro atoms. The maximum atomic E-state index is 4.30. The van der Waals surface area contributed by atoms with E-state index >= 15 is 0 Å². The molecule has 1 atom stereocenters. The molecule has 0 radical (unpaired) electrons. The van der Waals surface area contributed by atoms with E-state index in [9.17, 15) is 0 Å². The van der Waals surface area contributed by atoms with Crippen LogP contribution in [0.25, 0.3) is 0 Å². The minimum Gasteiger partial charge on any atom is -0.367 e. The van der Waals surface area contributed by atoms with E-state index in [1.165, 1.54) is 0 Å². The highest BCUT2D eigenvalue weighted by Gasteiger charge is 2.03. The monoisotopic (exact) mass is 208 g/mol. The molecular weight excluding hydrogens is 188 g/mol. The number of hydrogen-bond donors (Lipinski definition) is 1. The first-order chi connectivity index (χ1) is 7.08. The van der Waals surface area contributed by atoms with Gasteiger partial charge in [-0.15, -0.1) is 0 Å². The summed E-state index contributed by atoms with van der Waals surface area (Å²) >= 11 is 0. The predicted octanol–water partition coefficient (Wildman–Crippen LogP) is 1.54. The molecule has 15 heavy (non-hydrogen) atoms. The number of hydrogen-bond acceptors (Lipinski definition) is 4. The number of nitrogens with one attached hydrogen (secondary N) is 1. The molecule has 0 aliphatic carbocycles. The Morgan fingerprint density at radius 2 is 2.20 bits per heavy atom. The zero-order valence-electron chi connectivity index (χ0n) is 9.99. The van der Waals surface area contributed by atoms with E-state index < -0.39 is 0 Å². The lowest BCUT2D eigenvalue weighted by atomic mass is 10.2. The lowest BCUT2D eigenvalue weighted by Gasteiger charge is -2.17. The Labute approximate surface area is 91.7 Å². The van der Waals surface area contributed by atoms with E-state index in [1.807, 2.05) is 13.0 Å². The fourth-order valence-electron chi connectivity index (χ4n) is 1.31. The van der Waals surface area contributed by atoms with Gasteiger partial charge in [0.15, 0.2) is 0 Å². The predicted molar refractivity (Wildman–Crippen MR) is 63.0 cm³/mol. The van der Waals surface area contributed by atoms with Crippen molar-refractivity contribution >= 4 is 5.82 Å². The second-order valence-electron chi connectivity index (χ2n) is 4.13. The highest BCUT2D eigenvalue weighted by atomic mass is 15.1. The molecule has 0 saturated carbocycles. The number of rotatable bonds is 5. The summed E-state index contributed by atoms with van der Waals surface area (Å²) in [5.41, 5.74) is 0. The van der Waals surface area contributed by atoms with Crippen LogP contribution in [-0.2, 0) is 0 Å². The molecular formula is C11H20N4.